The fraction of sp³-hybridized carbons (Fsp3) is 0.350. The van der Waals surface area contributed by atoms with Crippen LogP contribution in [0, 0.1) is 5.92 Å². The van der Waals surface area contributed by atoms with E-state index in [0.29, 0.717) is 21.8 Å². The molecule has 0 saturated carbocycles. The fourth-order valence-corrected chi connectivity index (χ4v) is 3.81. The van der Waals surface area contributed by atoms with E-state index in [0.717, 1.165) is 11.8 Å². The summed E-state index contributed by atoms with van der Waals surface area (Å²) in [4.78, 5) is 39.2. The summed E-state index contributed by atoms with van der Waals surface area (Å²) < 4.78 is 8.57. The molecule has 10 nitrogen and oxygen atoms in total. The lowest BCUT2D eigenvalue weighted by atomic mass is 10.2. The number of aromatic nitrogens is 5. The normalized spacial score (nSPS) is 11.2. The van der Waals surface area contributed by atoms with Crippen molar-refractivity contribution >= 4 is 35.0 Å². The van der Waals surface area contributed by atoms with Gasteiger partial charge in [-0.05, 0) is 30.2 Å². The number of thioether (sulfide) groups is 1. The molecule has 0 atom stereocenters. The van der Waals surface area contributed by atoms with Crippen LogP contribution in [0.3, 0.4) is 0 Å². The van der Waals surface area contributed by atoms with E-state index in [2.05, 4.69) is 15.2 Å². The van der Waals surface area contributed by atoms with Crippen molar-refractivity contribution in [2.24, 2.45) is 13.0 Å². The average Bonchev–Trinajstić information content (AvgIpc) is 3.08. The van der Waals surface area contributed by atoms with Gasteiger partial charge < -0.3 is 15.0 Å². The van der Waals surface area contributed by atoms with Crippen LogP contribution >= 0.6 is 23.4 Å². The molecule has 3 rings (SSSR count). The van der Waals surface area contributed by atoms with Gasteiger partial charge in [0.15, 0.2) is 16.8 Å². The Balaban J connectivity index is 1.70. The topological polar surface area (TPSA) is 138 Å². The van der Waals surface area contributed by atoms with Crippen LogP contribution in [0.2, 0.25) is 5.02 Å². The second-order valence-electron chi connectivity index (χ2n) is 7.44. The molecule has 0 aliphatic heterocycles. The second-order valence-corrected chi connectivity index (χ2v) is 8.82. The fourth-order valence-electron chi connectivity index (χ4n) is 2.88. The van der Waals surface area contributed by atoms with E-state index in [1.807, 2.05) is 13.8 Å². The molecule has 0 amide bonds. The minimum Gasteiger partial charge on any atom is -0.486 e. The summed E-state index contributed by atoms with van der Waals surface area (Å²) in [7, 11) is 1.75. The first-order valence-electron chi connectivity index (χ1n) is 9.72. The molecule has 3 N–H and O–H groups in total. The van der Waals surface area contributed by atoms with Gasteiger partial charge in [-0.2, -0.15) is 0 Å². The number of carbonyl (C=O) groups excluding carboxylic acids is 1. The molecule has 3 aromatic rings. The Kier molecular flexibility index (Phi) is 7.41. The van der Waals surface area contributed by atoms with Gasteiger partial charge in [0.05, 0.1) is 5.75 Å². The Morgan fingerprint density at radius 1 is 1.25 bits per heavy atom. The number of benzene rings is 1. The Morgan fingerprint density at radius 2 is 1.94 bits per heavy atom. The van der Waals surface area contributed by atoms with Gasteiger partial charge in [0.2, 0.25) is 0 Å². The molecule has 0 unspecified atom stereocenters. The molecular formula is C20H23ClN6O4S. The lowest BCUT2D eigenvalue weighted by Gasteiger charge is -2.13. The van der Waals surface area contributed by atoms with Gasteiger partial charge in [0.1, 0.15) is 23.7 Å². The highest BCUT2D eigenvalue weighted by Crippen LogP contribution is 2.20. The molecule has 2 aromatic heterocycles. The third kappa shape index (κ3) is 5.40. The van der Waals surface area contributed by atoms with Gasteiger partial charge in [0, 0.05) is 18.6 Å². The van der Waals surface area contributed by atoms with Crippen molar-refractivity contribution < 1.29 is 9.53 Å². The number of nitrogens with two attached hydrogens (primary N) is 1. The van der Waals surface area contributed by atoms with Crippen molar-refractivity contribution in [1.82, 2.24) is 24.3 Å². The standard InChI is InChI=1S/C20H23ClN6O4S/c1-11(2)8-27-17(22)16(18(29)23-19(27)30)14(28)10-32-20-25-24-15(26(20)3)9-31-13-6-4-12(21)5-7-13/h4-7,11H,8-10,22H2,1-3H3,(H,23,29,30). The number of aromatic amines is 1. The number of halogens is 1. The Hall–Kier alpha value is -3.05. The van der Waals surface area contributed by atoms with E-state index in [4.69, 9.17) is 22.1 Å². The predicted molar refractivity (Wildman–Crippen MR) is 122 cm³/mol. The van der Waals surface area contributed by atoms with E-state index < -0.39 is 17.0 Å². The Labute approximate surface area is 192 Å². The zero-order chi connectivity index (χ0) is 23.4. The van der Waals surface area contributed by atoms with Gasteiger partial charge in [-0.25, -0.2) is 4.79 Å². The number of hydrogen-bond donors (Lipinski definition) is 2. The highest BCUT2D eigenvalue weighted by atomic mass is 35.5. The largest absolute Gasteiger partial charge is 0.486 e. The molecule has 0 fully saturated rings. The smallest absolute Gasteiger partial charge is 0.329 e. The zero-order valence-corrected chi connectivity index (χ0v) is 19.4. The minimum absolute atomic E-state index is 0.100. The predicted octanol–water partition coefficient (Wildman–Crippen LogP) is 2.11. The van der Waals surface area contributed by atoms with Gasteiger partial charge in [-0.1, -0.05) is 37.2 Å². The molecule has 1 aromatic carbocycles. The summed E-state index contributed by atoms with van der Waals surface area (Å²) in [5.74, 6) is 0.550. The number of nitrogens with one attached hydrogen (secondary N) is 1. The monoisotopic (exact) mass is 478 g/mol. The van der Waals surface area contributed by atoms with Crippen LogP contribution in [-0.2, 0) is 20.2 Å². The van der Waals surface area contributed by atoms with E-state index in [-0.39, 0.29) is 36.2 Å². The van der Waals surface area contributed by atoms with E-state index in [1.54, 1.807) is 35.9 Å². The number of anilines is 1. The molecular weight excluding hydrogens is 456 g/mol. The number of carbonyl (C=O) groups is 1. The van der Waals surface area contributed by atoms with Crippen molar-refractivity contribution in [2.75, 3.05) is 11.5 Å². The van der Waals surface area contributed by atoms with Crippen LogP contribution in [0.4, 0.5) is 5.82 Å². The highest BCUT2D eigenvalue weighted by Gasteiger charge is 2.21. The van der Waals surface area contributed by atoms with Crippen LogP contribution in [0.1, 0.15) is 30.0 Å². The summed E-state index contributed by atoms with van der Waals surface area (Å²) in [6.07, 6.45) is 0. The minimum atomic E-state index is -0.798. The van der Waals surface area contributed by atoms with Gasteiger partial charge >= 0.3 is 5.69 Å². The molecule has 0 spiro atoms. The van der Waals surface area contributed by atoms with Crippen LogP contribution < -0.4 is 21.7 Å². The van der Waals surface area contributed by atoms with Crippen molar-refractivity contribution in [2.45, 2.75) is 32.2 Å². The summed E-state index contributed by atoms with van der Waals surface area (Å²) in [6.45, 7) is 4.26. The highest BCUT2D eigenvalue weighted by molar-refractivity contribution is 7.99. The number of rotatable bonds is 9. The molecule has 0 aliphatic carbocycles. The summed E-state index contributed by atoms with van der Waals surface area (Å²) in [5, 5.41) is 9.24. The zero-order valence-electron chi connectivity index (χ0n) is 17.8. The van der Waals surface area contributed by atoms with Crippen molar-refractivity contribution in [1.29, 1.82) is 0 Å². The maximum atomic E-state index is 12.7. The number of nitrogen functional groups attached to an aromatic ring is 1. The van der Waals surface area contributed by atoms with Crippen LogP contribution in [0.15, 0.2) is 39.0 Å². The van der Waals surface area contributed by atoms with Gasteiger partial charge in [0.25, 0.3) is 5.56 Å². The third-order valence-corrected chi connectivity index (χ3v) is 5.78. The van der Waals surface area contributed by atoms with Crippen molar-refractivity contribution in [3.8, 4) is 5.75 Å². The number of H-pyrrole nitrogens is 1. The maximum Gasteiger partial charge on any atom is 0.329 e. The lowest BCUT2D eigenvalue weighted by molar-refractivity contribution is 0.102. The maximum absolute atomic E-state index is 12.7. The summed E-state index contributed by atoms with van der Waals surface area (Å²) in [5.41, 5.74) is 4.33. The summed E-state index contributed by atoms with van der Waals surface area (Å²) >= 11 is 6.97. The van der Waals surface area contributed by atoms with Gasteiger partial charge in [-0.15, -0.1) is 10.2 Å². The van der Waals surface area contributed by atoms with Crippen molar-refractivity contribution in [3.63, 3.8) is 0 Å². The Morgan fingerprint density at radius 3 is 2.59 bits per heavy atom. The quantitative estimate of drug-likeness (QED) is 0.352. The second kappa shape index (κ2) is 10.0. The first-order valence-corrected chi connectivity index (χ1v) is 11.1. The third-order valence-electron chi connectivity index (χ3n) is 4.51. The number of hydrogen-bond acceptors (Lipinski definition) is 8. The SMILES string of the molecule is CC(C)Cn1c(N)c(C(=O)CSc2nnc(COc3ccc(Cl)cc3)n2C)c(=O)[nH]c1=O. The van der Waals surface area contributed by atoms with Gasteiger partial charge in [-0.3, -0.25) is 19.1 Å². The van der Waals surface area contributed by atoms with E-state index >= 15 is 0 Å². The first-order chi connectivity index (χ1) is 15.2. The molecule has 0 aliphatic rings. The lowest BCUT2D eigenvalue weighted by Crippen LogP contribution is -2.37. The number of ether oxygens (including phenoxy) is 1. The molecule has 0 saturated heterocycles. The molecule has 0 bridgehead atoms. The molecule has 2 heterocycles. The van der Waals surface area contributed by atoms with E-state index in [9.17, 15) is 14.4 Å². The van der Waals surface area contributed by atoms with Crippen LogP contribution in [0.5, 0.6) is 5.75 Å². The average molecular weight is 479 g/mol. The molecule has 170 valence electrons. The number of nitrogens with zero attached hydrogens (tertiary/aromatic N) is 4. The first kappa shape index (κ1) is 23.6. The number of ketones is 1. The Bertz CT molecular complexity index is 1230. The van der Waals surface area contributed by atoms with Crippen molar-refractivity contribution in [3.05, 3.63) is 61.5 Å². The molecule has 32 heavy (non-hydrogen) atoms. The molecule has 0 radical (unpaired) electrons. The van der Waals surface area contributed by atoms with Crippen LogP contribution in [-0.4, -0.2) is 35.9 Å². The van der Waals surface area contributed by atoms with Crippen LogP contribution in [0.25, 0.3) is 0 Å². The van der Waals surface area contributed by atoms with E-state index in [1.165, 1.54) is 4.57 Å². The number of Topliss-reactive ketones (excluding diaryl/α,β-unsaturated/α-hetero) is 1. The summed E-state index contributed by atoms with van der Waals surface area (Å²) in [6, 6.07) is 6.93. The molecule has 12 heteroatoms.